The van der Waals surface area contributed by atoms with Gasteiger partial charge in [-0.2, -0.15) is 0 Å². The van der Waals surface area contributed by atoms with Gasteiger partial charge in [0.25, 0.3) is 0 Å². The van der Waals surface area contributed by atoms with E-state index in [4.69, 9.17) is 0 Å². The SMILES string of the molecule is Cc1ccc(N2CC(C(=O)Nc3cc(S(=O)(=O)N(C)C)ccc3C)CC2=O)c(F)c1. The third kappa shape index (κ3) is 4.22. The van der Waals surface area contributed by atoms with Crippen LogP contribution in [0.3, 0.4) is 0 Å². The number of halogens is 1. The molecule has 1 fully saturated rings. The molecule has 1 N–H and O–H groups in total. The molecule has 1 heterocycles. The van der Waals surface area contributed by atoms with Gasteiger partial charge in [0, 0.05) is 32.7 Å². The first-order valence-electron chi connectivity index (χ1n) is 9.41. The number of hydrogen-bond acceptors (Lipinski definition) is 4. The zero-order valence-electron chi connectivity index (χ0n) is 17.3. The van der Waals surface area contributed by atoms with Crippen LogP contribution in [-0.4, -0.2) is 45.2 Å². The molecule has 1 saturated heterocycles. The van der Waals surface area contributed by atoms with Crippen molar-refractivity contribution in [1.29, 1.82) is 0 Å². The number of benzene rings is 2. The van der Waals surface area contributed by atoms with Crippen molar-refractivity contribution in [3.63, 3.8) is 0 Å². The van der Waals surface area contributed by atoms with E-state index in [0.717, 1.165) is 9.87 Å². The van der Waals surface area contributed by atoms with Crippen LogP contribution in [0.15, 0.2) is 41.3 Å². The standard InChI is InChI=1S/C21H24FN3O4S/c1-13-5-8-19(17(22)9-13)25-12-15(10-20(25)26)21(27)23-18-11-16(7-6-14(18)2)30(28,29)24(3)4/h5-9,11,15H,10,12H2,1-4H3,(H,23,27). The lowest BCUT2D eigenvalue weighted by Gasteiger charge is -2.18. The smallest absolute Gasteiger partial charge is 0.242 e. The van der Waals surface area contributed by atoms with E-state index in [0.29, 0.717) is 11.3 Å². The number of sulfonamides is 1. The molecule has 160 valence electrons. The predicted molar refractivity (Wildman–Crippen MR) is 112 cm³/mol. The van der Waals surface area contributed by atoms with Crippen LogP contribution < -0.4 is 10.2 Å². The molecule has 9 heteroatoms. The fourth-order valence-corrected chi connectivity index (χ4v) is 4.22. The molecule has 1 atom stereocenters. The summed E-state index contributed by atoms with van der Waals surface area (Å²) >= 11 is 0. The summed E-state index contributed by atoms with van der Waals surface area (Å²) in [6, 6.07) is 9.07. The number of aryl methyl sites for hydroxylation is 2. The van der Waals surface area contributed by atoms with Crippen LogP contribution in [-0.2, 0) is 19.6 Å². The van der Waals surface area contributed by atoms with Gasteiger partial charge < -0.3 is 10.2 Å². The third-order valence-electron chi connectivity index (χ3n) is 5.14. The van der Waals surface area contributed by atoms with Crippen LogP contribution in [0, 0.1) is 25.6 Å². The summed E-state index contributed by atoms with van der Waals surface area (Å²) in [6.45, 7) is 3.55. The molecule has 0 saturated carbocycles. The van der Waals surface area contributed by atoms with E-state index in [-0.39, 0.29) is 29.5 Å². The Morgan fingerprint density at radius 2 is 1.87 bits per heavy atom. The molecule has 30 heavy (non-hydrogen) atoms. The first-order chi connectivity index (χ1) is 14.0. The third-order valence-corrected chi connectivity index (χ3v) is 6.95. The summed E-state index contributed by atoms with van der Waals surface area (Å²) < 4.78 is 40.1. The van der Waals surface area contributed by atoms with Gasteiger partial charge in [0.05, 0.1) is 16.5 Å². The van der Waals surface area contributed by atoms with E-state index in [1.54, 1.807) is 26.0 Å². The second kappa shape index (κ2) is 8.16. The maximum Gasteiger partial charge on any atom is 0.242 e. The normalized spacial score (nSPS) is 16.9. The second-order valence-corrected chi connectivity index (χ2v) is 9.77. The quantitative estimate of drug-likeness (QED) is 0.786. The molecule has 0 spiro atoms. The van der Waals surface area contributed by atoms with Crippen molar-refractivity contribution in [3.05, 3.63) is 53.3 Å². The Labute approximate surface area is 175 Å². The van der Waals surface area contributed by atoms with E-state index in [2.05, 4.69) is 5.32 Å². The highest BCUT2D eigenvalue weighted by Gasteiger charge is 2.36. The van der Waals surface area contributed by atoms with Crippen LogP contribution in [0.5, 0.6) is 0 Å². The molecule has 0 aliphatic carbocycles. The average Bonchev–Trinajstić information content (AvgIpc) is 3.05. The Balaban J connectivity index is 1.79. The fourth-order valence-electron chi connectivity index (χ4n) is 3.29. The minimum atomic E-state index is -3.65. The van der Waals surface area contributed by atoms with Gasteiger partial charge in [-0.25, -0.2) is 17.1 Å². The molecule has 1 unspecified atom stereocenters. The van der Waals surface area contributed by atoms with Gasteiger partial charge in [-0.05, 0) is 49.2 Å². The van der Waals surface area contributed by atoms with E-state index in [9.17, 15) is 22.4 Å². The highest BCUT2D eigenvalue weighted by atomic mass is 32.2. The van der Waals surface area contributed by atoms with E-state index in [1.165, 1.54) is 43.3 Å². The Kier molecular flexibility index (Phi) is 5.96. The van der Waals surface area contributed by atoms with Crippen molar-refractivity contribution in [2.75, 3.05) is 30.9 Å². The summed E-state index contributed by atoms with van der Waals surface area (Å²) in [5.74, 6) is -1.94. The summed E-state index contributed by atoms with van der Waals surface area (Å²) in [5, 5.41) is 2.73. The lowest BCUT2D eigenvalue weighted by atomic mass is 10.1. The molecule has 2 amide bonds. The van der Waals surface area contributed by atoms with Crippen molar-refractivity contribution in [2.24, 2.45) is 5.92 Å². The van der Waals surface area contributed by atoms with Crippen LogP contribution in [0.2, 0.25) is 0 Å². The molecular formula is C21H24FN3O4S. The molecular weight excluding hydrogens is 409 g/mol. The number of carbonyl (C=O) groups is 2. The molecule has 1 aliphatic rings. The number of hydrogen-bond donors (Lipinski definition) is 1. The van der Waals surface area contributed by atoms with Crippen LogP contribution >= 0.6 is 0 Å². The molecule has 0 radical (unpaired) electrons. The van der Waals surface area contributed by atoms with E-state index < -0.39 is 27.7 Å². The first kappa shape index (κ1) is 21.9. The molecule has 7 nitrogen and oxygen atoms in total. The summed E-state index contributed by atoms with van der Waals surface area (Å²) in [6.07, 6.45) is -0.0477. The number of carbonyl (C=O) groups excluding carboxylic acids is 2. The van der Waals surface area contributed by atoms with Crippen molar-refractivity contribution >= 4 is 33.2 Å². The molecule has 3 rings (SSSR count). The van der Waals surface area contributed by atoms with Crippen LogP contribution in [0.25, 0.3) is 0 Å². The van der Waals surface area contributed by atoms with Gasteiger partial charge >= 0.3 is 0 Å². The lowest BCUT2D eigenvalue weighted by Crippen LogP contribution is -2.29. The van der Waals surface area contributed by atoms with Gasteiger partial charge in [0.2, 0.25) is 21.8 Å². The van der Waals surface area contributed by atoms with E-state index >= 15 is 0 Å². The van der Waals surface area contributed by atoms with Crippen molar-refractivity contribution in [1.82, 2.24) is 4.31 Å². The number of amides is 2. The Morgan fingerprint density at radius 1 is 1.17 bits per heavy atom. The Hall–Kier alpha value is -2.78. The number of rotatable bonds is 5. The van der Waals surface area contributed by atoms with Gasteiger partial charge in [-0.3, -0.25) is 9.59 Å². The Bertz CT molecular complexity index is 1120. The summed E-state index contributed by atoms with van der Waals surface area (Å²) in [5.41, 5.74) is 1.93. The van der Waals surface area contributed by atoms with Gasteiger partial charge in [0.1, 0.15) is 5.82 Å². The predicted octanol–water partition coefficient (Wildman–Crippen LogP) is 2.68. The van der Waals surface area contributed by atoms with Crippen molar-refractivity contribution in [2.45, 2.75) is 25.2 Å². The van der Waals surface area contributed by atoms with E-state index in [1.807, 2.05) is 0 Å². The van der Waals surface area contributed by atoms with Crippen molar-refractivity contribution in [3.8, 4) is 0 Å². The van der Waals surface area contributed by atoms with Gasteiger partial charge in [-0.15, -0.1) is 0 Å². The second-order valence-electron chi connectivity index (χ2n) is 7.61. The first-order valence-corrected chi connectivity index (χ1v) is 10.8. The number of nitrogens with zero attached hydrogens (tertiary/aromatic N) is 2. The fraction of sp³-hybridized carbons (Fsp3) is 0.333. The van der Waals surface area contributed by atoms with Crippen molar-refractivity contribution < 1.29 is 22.4 Å². The van der Waals surface area contributed by atoms with Gasteiger partial charge in [0.15, 0.2) is 0 Å². The molecule has 0 bridgehead atoms. The zero-order chi connectivity index (χ0) is 22.2. The number of anilines is 2. The lowest BCUT2D eigenvalue weighted by molar-refractivity contribution is -0.122. The van der Waals surface area contributed by atoms with Crippen LogP contribution in [0.1, 0.15) is 17.5 Å². The zero-order valence-corrected chi connectivity index (χ0v) is 18.1. The summed E-state index contributed by atoms with van der Waals surface area (Å²) in [7, 11) is -0.801. The van der Waals surface area contributed by atoms with Gasteiger partial charge in [-0.1, -0.05) is 12.1 Å². The highest BCUT2D eigenvalue weighted by Crippen LogP contribution is 2.29. The number of nitrogens with one attached hydrogen (secondary N) is 1. The monoisotopic (exact) mass is 433 g/mol. The minimum absolute atomic E-state index is 0.0477. The largest absolute Gasteiger partial charge is 0.325 e. The maximum absolute atomic E-state index is 14.3. The minimum Gasteiger partial charge on any atom is -0.325 e. The topological polar surface area (TPSA) is 86.8 Å². The van der Waals surface area contributed by atoms with Crippen LogP contribution in [0.4, 0.5) is 15.8 Å². The highest BCUT2D eigenvalue weighted by molar-refractivity contribution is 7.89. The molecule has 0 aromatic heterocycles. The summed E-state index contributed by atoms with van der Waals surface area (Å²) in [4.78, 5) is 26.5. The maximum atomic E-state index is 14.3. The molecule has 2 aromatic rings. The Morgan fingerprint density at radius 3 is 2.50 bits per heavy atom. The molecule has 1 aliphatic heterocycles. The average molecular weight is 434 g/mol. The molecule has 2 aromatic carbocycles.